The van der Waals surface area contributed by atoms with Gasteiger partial charge in [0.05, 0.1) is 6.54 Å². The molecule has 0 radical (unpaired) electrons. The second-order valence-corrected chi connectivity index (χ2v) is 5.13. The fourth-order valence-corrected chi connectivity index (χ4v) is 1.94. The van der Waals surface area contributed by atoms with E-state index in [4.69, 9.17) is 4.42 Å². The lowest BCUT2D eigenvalue weighted by atomic mass is 10.2. The normalized spacial score (nSPS) is 9.55. The lowest BCUT2D eigenvalue weighted by Crippen LogP contribution is -2.22. The Morgan fingerprint density at radius 2 is 1.91 bits per heavy atom. The Kier molecular flexibility index (Phi) is 5.39. The van der Waals surface area contributed by atoms with Gasteiger partial charge in [0.15, 0.2) is 10.4 Å². The summed E-state index contributed by atoms with van der Waals surface area (Å²) in [5.74, 6) is 5.56. The summed E-state index contributed by atoms with van der Waals surface area (Å²) in [5, 5.41) is 5.31. The van der Waals surface area contributed by atoms with Crippen LogP contribution >= 0.6 is 15.9 Å². The largest absolute Gasteiger partial charge is 0.444 e. The van der Waals surface area contributed by atoms with Crippen LogP contribution in [-0.2, 0) is 4.79 Å². The summed E-state index contributed by atoms with van der Waals surface area (Å²) in [5.41, 5.74) is 1.51. The van der Waals surface area contributed by atoms with Crippen LogP contribution in [0.25, 0.3) is 0 Å². The molecule has 1 aromatic carbocycles. The molecule has 0 spiro atoms. The predicted molar refractivity (Wildman–Crippen MR) is 86.4 cm³/mol. The first-order valence-electron chi connectivity index (χ1n) is 6.44. The molecule has 0 fully saturated rings. The third-order valence-electron chi connectivity index (χ3n) is 2.57. The lowest BCUT2D eigenvalue weighted by molar-refractivity contribution is -0.114. The number of halogens is 1. The lowest BCUT2D eigenvalue weighted by Gasteiger charge is -2.00. The highest BCUT2D eigenvalue weighted by Gasteiger charge is 2.08. The molecule has 2 aromatic rings. The average Bonchev–Trinajstić information content (AvgIpc) is 2.91. The molecule has 0 aliphatic rings. The monoisotopic (exact) mass is 360 g/mol. The van der Waals surface area contributed by atoms with Gasteiger partial charge in [-0.15, -0.1) is 0 Å². The van der Waals surface area contributed by atoms with Crippen LogP contribution < -0.4 is 10.6 Å². The fourth-order valence-electron chi connectivity index (χ4n) is 1.63. The van der Waals surface area contributed by atoms with Gasteiger partial charge < -0.3 is 15.1 Å². The maximum atomic E-state index is 11.7. The highest BCUT2D eigenvalue weighted by Crippen LogP contribution is 2.13. The molecule has 2 amide bonds. The molecule has 112 valence electrons. The number of amides is 2. The molecule has 22 heavy (non-hydrogen) atoms. The Morgan fingerprint density at radius 3 is 2.50 bits per heavy atom. The van der Waals surface area contributed by atoms with E-state index in [2.05, 4.69) is 38.4 Å². The van der Waals surface area contributed by atoms with E-state index < -0.39 is 0 Å². The van der Waals surface area contributed by atoms with Crippen molar-refractivity contribution in [2.45, 2.75) is 6.92 Å². The van der Waals surface area contributed by atoms with Crippen LogP contribution in [0.1, 0.15) is 23.0 Å². The number of nitrogens with one attached hydrogen (secondary N) is 2. The minimum absolute atomic E-state index is 0.119. The highest BCUT2D eigenvalue weighted by atomic mass is 79.9. The summed E-state index contributed by atoms with van der Waals surface area (Å²) in [7, 11) is 0. The predicted octanol–water partition coefficient (Wildman–Crippen LogP) is 2.78. The van der Waals surface area contributed by atoms with Gasteiger partial charge in [-0.2, -0.15) is 0 Å². The van der Waals surface area contributed by atoms with Crippen LogP contribution in [0.15, 0.2) is 45.5 Å². The van der Waals surface area contributed by atoms with Gasteiger partial charge in [-0.1, -0.05) is 11.8 Å². The number of carbonyl (C=O) groups is 2. The van der Waals surface area contributed by atoms with Crippen molar-refractivity contribution in [3.63, 3.8) is 0 Å². The summed E-state index contributed by atoms with van der Waals surface area (Å²) in [6.07, 6.45) is 0. The van der Waals surface area contributed by atoms with Crippen molar-refractivity contribution in [1.29, 1.82) is 0 Å². The van der Waals surface area contributed by atoms with Crippen molar-refractivity contribution in [3.05, 3.63) is 52.4 Å². The van der Waals surface area contributed by atoms with Crippen molar-refractivity contribution in [3.8, 4) is 11.8 Å². The molecule has 0 saturated carbocycles. The second kappa shape index (κ2) is 7.48. The summed E-state index contributed by atoms with van der Waals surface area (Å²) >= 11 is 3.13. The van der Waals surface area contributed by atoms with Crippen molar-refractivity contribution in [2.24, 2.45) is 0 Å². The maximum absolute atomic E-state index is 11.7. The first-order valence-corrected chi connectivity index (χ1v) is 7.24. The quantitative estimate of drug-likeness (QED) is 0.826. The molecule has 0 atom stereocenters. The minimum atomic E-state index is -0.319. The Bertz CT molecular complexity index is 739. The summed E-state index contributed by atoms with van der Waals surface area (Å²) in [6.45, 7) is 1.67. The maximum Gasteiger partial charge on any atom is 0.287 e. The van der Waals surface area contributed by atoms with Crippen LogP contribution in [0.4, 0.5) is 5.69 Å². The van der Waals surface area contributed by atoms with E-state index in [1.54, 1.807) is 36.4 Å². The number of hydrogen-bond acceptors (Lipinski definition) is 3. The molecule has 2 N–H and O–H groups in total. The van der Waals surface area contributed by atoms with Crippen molar-refractivity contribution < 1.29 is 14.0 Å². The first-order chi connectivity index (χ1) is 10.5. The topological polar surface area (TPSA) is 71.3 Å². The molecular formula is C16H13BrN2O3. The minimum Gasteiger partial charge on any atom is -0.444 e. The number of carbonyl (C=O) groups excluding carboxylic acids is 2. The van der Waals surface area contributed by atoms with Crippen LogP contribution in [-0.4, -0.2) is 18.4 Å². The molecule has 1 aromatic heterocycles. The third-order valence-corrected chi connectivity index (χ3v) is 3.00. The standard InChI is InChI=1S/C16H13BrN2O3/c1-11(20)19-13-6-4-12(5-7-13)3-2-10-18-16(21)14-8-9-15(17)22-14/h4-9H,10H2,1H3,(H,18,21)(H,19,20). The van der Waals surface area contributed by atoms with Gasteiger partial charge in [-0.05, 0) is 52.3 Å². The molecular weight excluding hydrogens is 348 g/mol. The number of hydrogen-bond donors (Lipinski definition) is 2. The van der Waals surface area contributed by atoms with Crippen molar-refractivity contribution in [2.75, 3.05) is 11.9 Å². The fraction of sp³-hybridized carbons (Fsp3) is 0.125. The van der Waals surface area contributed by atoms with E-state index in [1.165, 1.54) is 6.92 Å². The molecule has 0 unspecified atom stereocenters. The molecule has 6 heteroatoms. The van der Waals surface area contributed by atoms with Crippen LogP contribution in [0.3, 0.4) is 0 Å². The van der Waals surface area contributed by atoms with E-state index in [9.17, 15) is 9.59 Å². The van der Waals surface area contributed by atoms with Crippen LogP contribution in [0.2, 0.25) is 0 Å². The van der Waals surface area contributed by atoms with Crippen LogP contribution in [0.5, 0.6) is 0 Å². The smallest absolute Gasteiger partial charge is 0.287 e. The second-order valence-electron chi connectivity index (χ2n) is 4.35. The van der Waals surface area contributed by atoms with Crippen molar-refractivity contribution in [1.82, 2.24) is 5.32 Å². The van der Waals surface area contributed by atoms with E-state index in [-0.39, 0.29) is 24.1 Å². The van der Waals surface area contributed by atoms with Gasteiger partial charge in [0.2, 0.25) is 5.91 Å². The highest BCUT2D eigenvalue weighted by molar-refractivity contribution is 9.10. The van der Waals surface area contributed by atoms with Gasteiger partial charge in [0.1, 0.15) is 0 Å². The molecule has 0 aliphatic heterocycles. The third kappa shape index (κ3) is 4.79. The zero-order valence-electron chi connectivity index (χ0n) is 11.8. The number of rotatable bonds is 3. The summed E-state index contributed by atoms with van der Waals surface area (Å²) in [4.78, 5) is 22.6. The van der Waals surface area contributed by atoms with E-state index in [0.29, 0.717) is 4.67 Å². The summed E-state index contributed by atoms with van der Waals surface area (Å²) < 4.78 is 5.63. The molecule has 0 saturated heterocycles. The zero-order chi connectivity index (χ0) is 15.9. The summed E-state index contributed by atoms with van der Waals surface area (Å²) in [6, 6.07) is 10.4. The molecule has 2 rings (SSSR count). The molecule has 0 aliphatic carbocycles. The van der Waals surface area contributed by atoms with Gasteiger partial charge >= 0.3 is 0 Å². The Labute approximate surface area is 136 Å². The van der Waals surface area contributed by atoms with Gasteiger partial charge in [-0.3, -0.25) is 9.59 Å². The SMILES string of the molecule is CC(=O)Nc1ccc(C#CCNC(=O)c2ccc(Br)o2)cc1. The average molecular weight is 361 g/mol. The van der Waals surface area contributed by atoms with Gasteiger partial charge in [-0.25, -0.2) is 0 Å². The Hall–Kier alpha value is -2.52. The van der Waals surface area contributed by atoms with Crippen LogP contribution in [0, 0.1) is 11.8 Å². The van der Waals surface area contributed by atoms with Crippen molar-refractivity contribution >= 4 is 33.4 Å². The van der Waals surface area contributed by atoms with E-state index in [0.717, 1.165) is 11.3 Å². The number of anilines is 1. The Morgan fingerprint density at radius 1 is 1.18 bits per heavy atom. The number of furan rings is 1. The molecule has 1 heterocycles. The molecule has 5 nitrogen and oxygen atoms in total. The van der Waals surface area contributed by atoms with E-state index in [1.807, 2.05) is 0 Å². The molecule has 0 bridgehead atoms. The number of benzene rings is 1. The van der Waals surface area contributed by atoms with Gasteiger partial charge in [0, 0.05) is 18.2 Å². The zero-order valence-corrected chi connectivity index (χ0v) is 13.4. The van der Waals surface area contributed by atoms with Gasteiger partial charge in [0.25, 0.3) is 5.91 Å². The first kappa shape index (κ1) is 15.9. The Balaban J connectivity index is 1.86. The van der Waals surface area contributed by atoms with E-state index >= 15 is 0 Å².